The fraction of sp³-hybridized carbons (Fsp3) is 0.333. The van der Waals surface area contributed by atoms with Crippen LogP contribution in [0.2, 0.25) is 0 Å². The van der Waals surface area contributed by atoms with Crippen molar-refractivity contribution in [1.29, 1.82) is 0 Å². The van der Waals surface area contributed by atoms with Crippen molar-refractivity contribution < 1.29 is 9.59 Å². The topological polar surface area (TPSA) is 93.1 Å². The molecule has 0 aliphatic heterocycles. The van der Waals surface area contributed by atoms with Gasteiger partial charge in [-0.1, -0.05) is 44.2 Å². The van der Waals surface area contributed by atoms with Gasteiger partial charge in [0.15, 0.2) is 0 Å². The second-order valence-electron chi connectivity index (χ2n) is 8.00. The lowest BCUT2D eigenvalue weighted by molar-refractivity contribution is -0.121. The number of carbonyl (C=O) groups excluding carboxylic acids is 2. The first kappa shape index (κ1) is 22.2. The van der Waals surface area contributed by atoms with E-state index in [0.717, 1.165) is 5.56 Å². The second-order valence-corrected chi connectivity index (χ2v) is 8.00. The van der Waals surface area contributed by atoms with E-state index in [1.54, 1.807) is 18.2 Å². The lowest BCUT2D eigenvalue weighted by Crippen LogP contribution is -2.32. The number of benzene rings is 2. The number of anilines is 1. The number of aryl methyl sites for hydroxylation is 2. The summed E-state index contributed by atoms with van der Waals surface area (Å²) >= 11 is 0. The van der Waals surface area contributed by atoms with E-state index in [9.17, 15) is 14.4 Å². The number of rotatable bonds is 8. The number of amides is 2. The number of hydrogen-bond donors (Lipinski definition) is 2. The first-order valence-electron chi connectivity index (χ1n) is 10.5. The summed E-state index contributed by atoms with van der Waals surface area (Å²) in [4.78, 5) is 42.4. The Labute approximate surface area is 181 Å². The van der Waals surface area contributed by atoms with Crippen LogP contribution in [-0.2, 0) is 22.6 Å². The number of hydrogen-bond acceptors (Lipinski definition) is 4. The molecule has 0 spiro atoms. The van der Waals surface area contributed by atoms with E-state index in [1.807, 2.05) is 51.1 Å². The molecule has 7 heteroatoms. The number of nitrogens with one attached hydrogen (secondary N) is 2. The van der Waals surface area contributed by atoms with Crippen LogP contribution in [0.1, 0.15) is 31.5 Å². The highest BCUT2D eigenvalue weighted by Crippen LogP contribution is 2.14. The molecule has 2 amide bonds. The number of aromatic nitrogens is 2. The van der Waals surface area contributed by atoms with Gasteiger partial charge < -0.3 is 10.6 Å². The predicted octanol–water partition coefficient (Wildman–Crippen LogP) is 3.05. The van der Waals surface area contributed by atoms with Crippen molar-refractivity contribution in [3.63, 3.8) is 0 Å². The molecule has 1 aromatic heterocycles. The minimum atomic E-state index is -0.352. The summed E-state index contributed by atoms with van der Waals surface area (Å²) in [5, 5.41) is 5.71. The van der Waals surface area contributed by atoms with Crippen molar-refractivity contribution in [2.45, 2.75) is 40.2 Å². The molecule has 0 aliphatic carbocycles. The highest BCUT2D eigenvalue weighted by Gasteiger charge is 2.15. The first-order valence-corrected chi connectivity index (χ1v) is 10.5. The Hall–Kier alpha value is -3.48. The van der Waals surface area contributed by atoms with E-state index < -0.39 is 0 Å². The lowest BCUT2D eigenvalue weighted by atomic mass is 10.2. The Balaban J connectivity index is 1.83. The van der Waals surface area contributed by atoms with Crippen molar-refractivity contribution in [1.82, 2.24) is 14.9 Å². The van der Waals surface area contributed by atoms with E-state index >= 15 is 0 Å². The Kier molecular flexibility index (Phi) is 7.18. The van der Waals surface area contributed by atoms with Crippen molar-refractivity contribution in [3.8, 4) is 0 Å². The molecule has 0 saturated carbocycles. The van der Waals surface area contributed by atoms with Gasteiger partial charge in [0.1, 0.15) is 12.2 Å². The number of para-hydroxylation sites is 3. The first-order chi connectivity index (χ1) is 14.8. The predicted molar refractivity (Wildman–Crippen MR) is 122 cm³/mol. The van der Waals surface area contributed by atoms with E-state index in [-0.39, 0.29) is 42.5 Å². The molecule has 0 bridgehead atoms. The summed E-state index contributed by atoms with van der Waals surface area (Å²) in [6.45, 7) is 6.40. The zero-order valence-corrected chi connectivity index (χ0v) is 18.1. The Morgan fingerprint density at radius 1 is 1.03 bits per heavy atom. The van der Waals surface area contributed by atoms with Crippen LogP contribution in [0.4, 0.5) is 5.69 Å². The summed E-state index contributed by atoms with van der Waals surface area (Å²) in [7, 11) is 0. The summed E-state index contributed by atoms with van der Waals surface area (Å²) in [6, 6.07) is 14.7. The van der Waals surface area contributed by atoms with Crippen LogP contribution in [0.15, 0.2) is 53.3 Å². The lowest BCUT2D eigenvalue weighted by Gasteiger charge is -2.13. The van der Waals surface area contributed by atoms with Gasteiger partial charge in [0.25, 0.3) is 5.56 Å². The van der Waals surface area contributed by atoms with Gasteiger partial charge in [-0.05, 0) is 36.6 Å². The van der Waals surface area contributed by atoms with Gasteiger partial charge in [-0.25, -0.2) is 4.98 Å². The minimum absolute atomic E-state index is 0.119. The largest absolute Gasteiger partial charge is 0.356 e. The maximum Gasteiger partial charge on any atom is 0.273 e. The van der Waals surface area contributed by atoms with Gasteiger partial charge >= 0.3 is 0 Å². The molecule has 0 atom stereocenters. The van der Waals surface area contributed by atoms with Gasteiger partial charge in [-0.2, -0.15) is 0 Å². The minimum Gasteiger partial charge on any atom is -0.356 e. The van der Waals surface area contributed by atoms with Crippen LogP contribution in [-0.4, -0.2) is 27.9 Å². The smallest absolute Gasteiger partial charge is 0.273 e. The van der Waals surface area contributed by atoms with Gasteiger partial charge in [-0.3, -0.25) is 19.0 Å². The Morgan fingerprint density at radius 3 is 2.48 bits per heavy atom. The molecule has 0 saturated heterocycles. The number of fused-ring (bicyclic) bond motifs is 1. The molecule has 3 rings (SSSR count). The zero-order chi connectivity index (χ0) is 22.4. The van der Waals surface area contributed by atoms with E-state index in [2.05, 4.69) is 15.6 Å². The molecule has 2 aromatic carbocycles. The summed E-state index contributed by atoms with van der Waals surface area (Å²) < 4.78 is 1.43. The molecule has 2 N–H and O–H groups in total. The second kappa shape index (κ2) is 10.0. The molecule has 0 radical (unpaired) electrons. The van der Waals surface area contributed by atoms with Crippen LogP contribution >= 0.6 is 0 Å². The number of carbonyl (C=O) groups is 2. The van der Waals surface area contributed by atoms with Crippen LogP contribution < -0.4 is 16.2 Å². The van der Waals surface area contributed by atoms with Gasteiger partial charge in [0.05, 0.1) is 11.0 Å². The summed E-state index contributed by atoms with van der Waals surface area (Å²) in [6.07, 6.45) is 0.385. The molecule has 31 heavy (non-hydrogen) atoms. The zero-order valence-electron chi connectivity index (χ0n) is 18.1. The maximum atomic E-state index is 13.1. The average molecular weight is 421 g/mol. The van der Waals surface area contributed by atoms with Crippen LogP contribution in [0.25, 0.3) is 11.0 Å². The maximum absolute atomic E-state index is 13.1. The molecule has 3 aromatic rings. The van der Waals surface area contributed by atoms with Gasteiger partial charge in [-0.15, -0.1) is 0 Å². The SMILES string of the molecule is Cc1ccccc1NC(=O)Cn1c(=O)c(CCC(=O)NCC(C)C)nc2ccccc21. The van der Waals surface area contributed by atoms with Crippen LogP contribution in [0.3, 0.4) is 0 Å². The molecular weight excluding hydrogens is 392 g/mol. The molecule has 0 aliphatic rings. The highest BCUT2D eigenvalue weighted by molar-refractivity contribution is 5.92. The third-order valence-corrected chi connectivity index (χ3v) is 4.94. The van der Waals surface area contributed by atoms with Gasteiger partial charge in [0, 0.05) is 25.1 Å². The molecular formula is C24H28N4O3. The van der Waals surface area contributed by atoms with Crippen molar-refractivity contribution in [3.05, 3.63) is 70.1 Å². The quantitative estimate of drug-likeness (QED) is 0.586. The van der Waals surface area contributed by atoms with Crippen LogP contribution in [0.5, 0.6) is 0 Å². The third-order valence-electron chi connectivity index (χ3n) is 4.94. The number of nitrogens with zero attached hydrogens (tertiary/aromatic N) is 2. The van der Waals surface area contributed by atoms with E-state index in [1.165, 1.54) is 4.57 Å². The van der Waals surface area contributed by atoms with E-state index in [4.69, 9.17) is 0 Å². The molecule has 0 fully saturated rings. The third kappa shape index (κ3) is 5.78. The van der Waals surface area contributed by atoms with E-state index in [0.29, 0.717) is 29.2 Å². The molecule has 7 nitrogen and oxygen atoms in total. The van der Waals surface area contributed by atoms with Gasteiger partial charge in [0.2, 0.25) is 11.8 Å². The fourth-order valence-corrected chi connectivity index (χ4v) is 3.25. The molecule has 0 unspecified atom stereocenters. The molecule has 1 heterocycles. The van der Waals surface area contributed by atoms with Crippen molar-refractivity contribution >= 4 is 28.5 Å². The van der Waals surface area contributed by atoms with Crippen molar-refractivity contribution in [2.75, 3.05) is 11.9 Å². The Bertz CT molecular complexity index is 1150. The molecule has 162 valence electrons. The normalized spacial score (nSPS) is 11.0. The van der Waals surface area contributed by atoms with Crippen LogP contribution in [0, 0.1) is 12.8 Å². The fourth-order valence-electron chi connectivity index (χ4n) is 3.25. The highest BCUT2D eigenvalue weighted by atomic mass is 16.2. The monoisotopic (exact) mass is 420 g/mol. The van der Waals surface area contributed by atoms with Crippen molar-refractivity contribution in [2.24, 2.45) is 5.92 Å². The standard InChI is InChI=1S/C24H28N4O3/c1-16(2)14-25-22(29)13-12-20-24(31)28(21-11-7-6-10-19(21)26-20)15-23(30)27-18-9-5-4-8-17(18)3/h4-11,16H,12-15H2,1-3H3,(H,25,29)(H,27,30). The average Bonchev–Trinajstić information content (AvgIpc) is 2.74. The summed E-state index contributed by atoms with van der Waals surface area (Å²) in [5.41, 5.74) is 2.78. The summed E-state index contributed by atoms with van der Waals surface area (Å²) in [5.74, 6) is -0.0629. The Morgan fingerprint density at radius 2 is 1.74 bits per heavy atom.